The van der Waals surface area contributed by atoms with Crippen LogP contribution in [0.1, 0.15) is 47.0 Å². The number of nitrogens with zero attached hydrogens (tertiary/aromatic N) is 1. The summed E-state index contributed by atoms with van der Waals surface area (Å²) in [5, 5.41) is 9.31. The van der Waals surface area contributed by atoms with Gasteiger partial charge in [-0.2, -0.15) is 0 Å². The Morgan fingerprint density at radius 2 is 1.71 bits per heavy atom. The van der Waals surface area contributed by atoms with Crippen molar-refractivity contribution in [2.45, 2.75) is 65.1 Å². The maximum absolute atomic E-state index is 12.8. The first-order chi connectivity index (χ1) is 13.2. The molecule has 0 aromatic heterocycles. The summed E-state index contributed by atoms with van der Waals surface area (Å²) in [5.41, 5.74) is 0.631. The summed E-state index contributed by atoms with van der Waals surface area (Å²) in [6.45, 7) is 10.5. The molecule has 2 rings (SSSR count). The van der Waals surface area contributed by atoms with Crippen molar-refractivity contribution < 1.29 is 9.59 Å². The molecule has 6 nitrogen and oxygen atoms in total. The van der Waals surface area contributed by atoms with Crippen LogP contribution in [0.5, 0.6) is 0 Å². The lowest BCUT2D eigenvalue weighted by Crippen LogP contribution is -2.53. The number of hydrogen-bond donors (Lipinski definition) is 3. The van der Waals surface area contributed by atoms with Gasteiger partial charge in [-0.3, -0.25) is 4.79 Å². The van der Waals surface area contributed by atoms with Crippen LogP contribution in [0.3, 0.4) is 0 Å². The molecule has 3 N–H and O–H groups in total. The maximum atomic E-state index is 12.8. The minimum Gasteiger partial charge on any atom is -0.351 e. The van der Waals surface area contributed by atoms with Crippen molar-refractivity contribution in [2.24, 2.45) is 5.92 Å². The Bertz CT molecular complexity index is 640. The molecule has 0 bridgehead atoms. The minimum atomic E-state index is -0.560. The summed E-state index contributed by atoms with van der Waals surface area (Å²) in [6.07, 6.45) is 2.47. The average molecular weight is 409 g/mol. The number of urea groups is 1. The number of halogens is 1. The first-order valence-electron chi connectivity index (χ1n) is 10.1. The van der Waals surface area contributed by atoms with E-state index in [0.717, 1.165) is 25.9 Å². The quantitative estimate of drug-likeness (QED) is 0.641. The molecule has 1 fully saturated rings. The van der Waals surface area contributed by atoms with Gasteiger partial charge in [0.2, 0.25) is 5.91 Å². The fourth-order valence-electron chi connectivity index (χ4n) is 3.42. The van der Waals surface area contributed by atoms with Crippen molar-refractivity contribution in [3.63, 3.8) is 0 Å². The van der Waals surface area contributed by atoms with Gasteiger partial charge in [0.05, 0.1) is 0 Å². The van der Waals surface area contributed by atoms with E-state index in [2.05, 4.69) is 34.7 Å². The number of carbonyl (C=O) groups excluding carboxylic acids is 2. The van der Waals surface area contributed by atoms with Gasteiger partial charge in [0, 0.05) is 35.9 Å². The van der Waals surface area contributed by atoms with E-state index in [1.165, 1.54) is 0 Å². The first-order valence-corrected chi connectivity index (χ1v) is 10.5. The molecular formula is C21H33ClN4O2. The van der Waals surface area contributed by atoms with Crippen molar-refractivity contribution in [1.29, 1.82) is 0 Å². The van der Waals surface area contributed by atoms with Crippen molar-refractivity contribution in [2.75, 3.05) is 18.4 Å². The third-order valence-corrected chi connectivity index (χ3v) is 5.29. The second-order valence-corrected chi connectivity index (χ2v) is 8.64. The molecule has 0 unspecified atom stereocenters. The SMILES string of the molecule is CC(C)C[C@H](NC(=O)Nc1ccc(Cl)cc1)C(=O)NC1CCN(C(C)C)CC1. The predicted octanol–water partition coefficient (Wildman–Crippen LogP) is 3.87. The molecule has 7 heteroatoms. The Balaban J connectivity index is 1.89. The Labute approximate surface area is 173 Å². The minimum absolute atomic E-state index is 0.108. The molecule has 0 radical (unpaired) electrons. The summed E-state index contributed by atoms with van der Waals surface area (Å²) in [7, 11) is 0. The zero-order valence-electron chi connectivity index (χ0n) is 17.3. The van der Waals surface area contributed by atoms with Gasteiger partial charge >= 0.3 is 6.03 Å². The third-order valence-electron chi connectivity index (χ3n) is 5.04. The van der Waals surface area contributed by atoms with Gasteiger partial charge in [0.25, 0.3) is 0 Å². The van der Waals surface area contributed by atoms with Crippen LogP contribution in [0, 0.1) is 5.92 Å². The summed E-state index contributed by atoms with van der Waals surface area (Å²) in [6, 6.07) is 6.61. The van der Waals surface area contributed by atoms with Crippen molar-refractivity contribution >= 4 is 29.2 Å². The lowest BCUT2D eigenvalue weighted by atomic mass is 10.0. The number of carbonyl (C=O) groups is 2. The van der Waals surface area contributed by atoms with Crippen LogP contribution in [0.15, 0.2) is 24.3 Å². The lowest BCUT2D eigenvalue weighted by Gasteiger charge is -2.35. The molecule has 28 heavy (non-hydrogen) atoms. The molecule has 1 heterocycles. The number of anilines is 1. The van der Waals surface area contributed by atoms with Crippen LogP contribution in [0.4, 0.5) is 10.5 Å². The zero-order valence-corrected chi connectivity index (χ0v) is 18.1. The fourth-order valence-corrected chi connectivity index (χ4v) is 3.55. The molecule has 156 valence electrons. The smallest absolute Gasteiger partial charge is 0.319 e. The molecule has 1 atom stereocenters. The van der Waals surface area contributed by atoms with Crippen molar-refractivity contribution in [3.8, 4) is 0 Å². The van der Waals surface area contributed by atoms with E-state index in [1.807, 2.05) is 13.8 Å². The highest BCUT2D eigenvalue weighted by atomic mass is 35.5. The van der Waals surface area contributed by atoms with E-state index in [4.69, 9.17) is 11.6 Å². The third kappa shape index (κ3) is 7.32. The number of hydrogen-bond acceptors (Lipinski definition) is 3. The van der Waals surface area contributed by atoms with Crippen LogP contribution in [-0.2, 0) is 4.79 Å². The monoisotopic (exact) mass is 408 g/mol. The molecular weight excluding hydrogens is 376 g/mol. The highest BCUT2D eigenvalue weighted by Gasteiger charge is 2.27. The van der Waals surface area contributed by atoms with Crippen LogP contribution in [0.2, 0.25) is 5.02 Å². The van der Waals surface area contributed by atoms with Gasteiger partial charge in [-0.05, 0) is 63.3 Å². The molecule has 1 saturated heterocycles. The number of nitrogens with one attached hydrogen (secondary N) is 3. The van der Waals surface area contributed by atoms with Crippen LogP contribution >= 0.6 is 11.6 Å². The molecule has 1 aromatic carbocycles. The second-order valence-electron chi connectivity index (χ2n) is 8.20. The maximum Gasteiger partial charge on any atom is 0.319 e. The van der Waals surface area contributed by atoms with Gasteiger partial charge in [0.1, 0.15) is 6.04 Å². The van der Waals surface area contributed by atoms with Gasteiger partial charge in [-0.1, -0.05) is 25.4 Å². The molecule has 3 amide bonds. The van der Waals surface area contributed by atoms with E-state index >= 15 is 0 Å². The summed E-state index contributed by atoms with van der Waals surface area (Å²) < 4.78 is 0. The van der Waals surface area contributed by atoms with Crippen molar-refractivity contribution in [1.82, 2.24) is 15.5 Å². The van der Waals surface area contributed by atoms with Crippen LogP contribution in [-0.4, -0.2) is 48.1 Å². The van der Waals surface area contributed by atoms with Crippen LogP contribution in [0.25, 0.3) is 0 Å². The molecule has 1 aromatic rings. The topological polar surface area (TPSA) is 73.5 Å². The van der Waals surface area contributed by atoms with E-state index in [1.54, 1.807) is 24.3 Å². The predicted molar refractivity (Wildman–Crippen MR) is 115 cm³/mol. The lowest BCUT2D eigenvalue weighted by molar-refractivity contribution is -0.124. The summed E-state index contributed by atoms with van der Waals surface area (Å²) in [5.74, 6) is 0.178. The highest BCUT2D eigenvalue weighted by molar-refractivity contribution is 6.30. The molecule has 0 saturated carbocycles. The highest BCUT2D eigenvalue weighted by Crippen LogP contribution is 2.15. The van der Waals surface area contributed by atoms with E-state index < -0.39 is 12.1 Å². The first kappa shape index (κ1) is 22.5. The number of benzene rings is 1. The summed E-state index contributed by atoms with van der Waals surface area (Å²) in [4.78, 5) is 27.6. The Hall–Kier alpha value is -1.79. The summed E-state index contributed by atoms with van der Waals surface area (Å²) >= 11 is 5.87. The normalized spacial score (nSPS) is 16.8. The number of rotatable bonds is 7. The standard InChI is InChI=1S/C21H33ClN4O2/c1-14(2)13-19(25-21(28)24-17-7-5-16(22)6-8-17)20(27)23-18-9-11-26(12-10-18)15(3)4/h5-8,14-15,18-19H,9-13H2,1-4H3,(H,23,27)(H2,24,25,28)/t19-/m0/s1. The molecule has 1 aliphatic heterocycles. The average Bonchev–Trinajstić information content (AvgIpc) is 2.63. The number of likely N-dealkylation sites (tertiary alicyclic amines) is 1. The Kier molecular flexibility index (Phi) is 8.58. The Morgan fingerprint density at radius 1 is 1.11 bits per heavy atom. The van der Waals surface area contributed by atoms with Crippen molar-refractivity contribution in [3.05, 3.63) is 29.3 Å². The van der Waals surface area contributed by atoms with Gasteiger partial charge < -0.3 is 20.9 Å². The van der Waals surface area contributed by atoms with Gasteiger partial charge in [0.15, 0.2) is 0 Å². The molecule has 0 spiro atoms. The number of amides is 3. The largest absolute Gasteiger partial charge is 0.351 e. The second kappa shape index (κ2) is 10.7. The molecule has 1 aliphatic rings. The van der Waals surface area contributed by atoms with E-state index in [-0.39, 0.29) is 17.9 Å². The van der Waals surface area contributed by atoms with E-state index in [9.17, 15) is 9.59 Å². The van der Waals surface area contributed by atoms with E-state index in [0.29, 0.717) is 23.2 Å². The zero-order chi connectivity index (χ0) is 20.7. The number of piperidine rings is 1. The van der Waals surface area contributed by atoms with Crippen LogP contribution < -0.4 is 16.0 Å². The fraction of sp³-hybridized carbons (Fsp3) is 0.619. The van der Waals surface area contributed by atoms with Gasteiger partial charge in [-0.15, -0.1) is 0 Å². The van der Waals surface area contributed by atoms with Gasteiger partial charge in [-0.25, -0.2) is 4.79 Å². The Morgan fingerprint density at radius 3 is 2.25 bits per heavy atom. The molecule has 0 aliphatic carbocycles.